The summed E-state index contributed by atoms with van der Waals surface area (Å²) in [7, 11) is 0. The molecule has 100 valence electrons. The summed E-state index contributed by atoms with van der Waals surface area (Å²) >= 11 is 0. The third-order valence-corrected chi connectivity index (χ3v) is 3.86. The van der Waals surface area contributed by atoms with Crippen molar-refractivity contribution in [1.82, 2.24) is 0 Å². The van der Waals surface area contributed by atoms with Crippen molar-refractivity contribution in [1.29, 1.82) is 0 Å². The Labute approximate surface area is 109 Å². The minimum atomic E-state index is 0.0619. The molecule has 0 aromatic heterocycles. The zero-order chi connectivity index (χ0) is 13.1. The normalized spacial score (nSPS) is 21.0. The van der Waals surface area contributed by atoms with Gasteiger partial charge in [-0.2, -0.15) is 0 Å². The molecule has 0 bridgehead atoms. The van der Waals surface area contributed by atoms with E-state index in [1.54, 1.807) is 0 Å². The van der Waals surface area contributed by atoms with E-state index in [2.05, 4.69) is 32.9 Å². The van der Waals surface area contributed by atoms with Gasteiger partial charge in [0.05, 0.1) is 6.61 Å². The third-order valence-electron chi connectivity index (χ3n) is 3.86. The Balaban J connectivity index is 1.99. The van der Waals surface area contributed by atoms with E-state index >= 15 is 0 Å². The summed E-state index contributed by atoms with van der Waals surface area (Å²) in [6, 6.07) is 4.29. The van der Waals surface area contributed by atoms with Crippen LogP contribution in [-0.4, -0.2) is 25.9 Å². The van der Waals surface area contributed by atoms with E-state index < -0.39 is 0 Å². The Hall–Kier alpha value is -1.06. The average Bonchev–Trinajstić information content (AvgIpc) is 2.87. The molecule has 0 spiro atoms. The Bertz CT molecular complexity index is 411. The second kappa shape index (κ2) is 5.72. The van der Waals surface area contributed by atoms with Gasteiger partial charge >= 0.3 is 0 Å². The van der Waals surface area contributed by atoms with Crippen LogP contribution in [0.5, 0.6) is 5.75 Å². The van der Waals surface area contributed by atoms with E-state index in [4.69, 9.17) is 15.2 Å². The first kappa shape index (κ1) is 13.4. The van der Waals surface area contributed by atoms with Gasteiger partial charge in [-0.05, 0) is 43.9 Å². The van der Waals surface area contributed by atoms with Gasteiger partial charge in [0.1, 0.15) is 12.4 Å². The van der Waals surface area contributed by atoms with Crippen LogP contribution in [0.3, 0.4) is 0 Å². The fourth-order valence-corrected chi connectivity index (χ4v) is 2.35. The van der Waals surface area contributed by atoms with Crippen LogP contribution in [0.15, 0.2) is 12.1 Å². The average molecular weight is 249 g/mol. The van der Waals surface area contributed by atoms with Crippen LogP contribution in [0.2, 0.25) is 0 Å². The summed E-state index contributed by atoms with van der Waals surface area (Å²) in [6.07, 6.45) is 1.05. The predicted octanol–water partition coefficient (Wildman–Crippen LogP) is 2.35. The van der Waals surface area contributed by atoms with Crippen molar-refractivity contribution < 1.29 is 9.47 Å². The van der Waals surface area contributed by atoms with Gasteiger partial charge in [0.2, 0.25) is 0 Å². The molecule has 0 aliphatic carbocycles. The van der Waals surface area contributed by atoms with E-state index in [1.807, 2.05) is 0 Å². The minimum Gasteiger partial charge on any atom is -0.491 e. The van der Waals surface area contributed by atoms with Crippen molar-refractivity contribution in [3.63, 3.8) is 0 Å². The van der Waals surface area contributed by atoms with Gasteiger partial charge in [-0.15, -0.1) is 0 Å². The molecule has 1 aliphatic heterocycles. The second-order valence-corrected chi connectivity index (χ2v) is 5.25. The lowest BCUT2D eigenvalue weighted by molar-refractivity contribution is 0.169. The van der Waals surface area contributed by atoms with Crippen LogP contribution in [-0.2, 0) is 4.74 Å². The molecule has 1 fully saturated rings. The highest BCUT2D eigenvalue weighted by molar-refractivity contribution is 5.44. The smallest absolute Gasteiger partial charge is 0.125 e. The van der Waals surface area contributed by atoms with Crippen molar-refractivity contribution >= 4 is 0 Å². The molecule has 0 radical (unpaired) electrons. The van der Waals surface area contributed by atoms with Crippen LogP contribution in [0.1, 0.15) is 23.1 Å². The first-order valence-corrected chi connectivity index (χ1v) is 6.62. The molecule has 1 heterocycles. The molecule has 3 heteroatoms. The van der Waals surface area contributed by atoms with Crippen molar-refractivity contribution in [2.75, 3.05) is 19.8 Å². The SMILES string of the molecule is Cc1ccc(C)c(OCC(N)C2CCOC2)c1C. The number of rotatable bonds is 4. The maximum Gasteiger partial charge on any atom is 0.125 e. The number of nitrogens with two attached hydrogens (primary N) is 1. The molecule has 1 aromatic carbocycles. The molecule has 2 rings (SSSR count). The topological polar surface area (TPSA) is 44.5 Å². The monoisotopic (exact) mass is 249 g/mol. The van der Waals surface area contributed by atoms with E-state index in [1.165, 1.54) is 16.7 Å². The van der Waals surface area contributed by atoms with Crippen LogP contribution >= 0.6 is 0 Å². The Morgan fingerprint density at radius 3 is 2.72 bits per heavy atom. The summed E-state index contributed by atoms with van der Waals surface area (Å²) in [6.45, 7) is 8.45. The highest BCUT2D eigenvalue weighted by Crippen LogP contribution is 2.26. The number of ether oxygens (including phenoxy) is 2. The highest BCUT2D eigenvalue weighted by Gasteiger charge is 2.23. The van der Waals surface area contributed by atoms with Crippen molar-refractivity contribution in [3.05, 3.63) is 28.8 Å². The summed E-state index contributed by atoms with van der Waals surface area (Å²) in [4.78, 5) is 0. The summed E-state index contributed by atoms with van der Waals surface area (Å²) in [5.41, 5.74) is 9.80. The molecule has 1 aliphatic rings. The number of benzene rings is 1. The molecule has 0 amide bonds. The van der Waals surface area contributed by atoms with E-state index in [9.17, 15) is 0 Å². The van der Waals surface area contributed by atoms with Crippen LogP contribution in [0, 0.1) is 26.7 Å². The standard InChI is InChI=1S/C15H23NO2/c1-10-4-5-11(2)15(12(10)3)18-9-14(16)13-6-7-17-8-13/h4-5,13-14H,6-9,16H2,1-3H3. The fourth-order valence-electron chi connectivity index (χ4n) is 2.35. The molecule has 18 heavy (non-hydrogen) atoms. The molecule has 0 saturated carbocycles. The molecular weight excluding hydrogens is 226 g/mol. The third kappa shape index (κ3) is 2.85. The van der Waals surface area contributed by atoms with Gasteiger partial charge in [-0.25, -0.2) is 0 Å². The number of hydrogen-bond donors (Lipinski definition) is 1. The molecule has 2 atom stereocenters. The zero-order valence-electron chi connectivity index (χ0n) is 11.5. The number of hydrogen-bond acceptors (Lipinski definition) is 3. The lowest BCUT2D eigenvalue weighted by Crippen LogP contribution is -2.36. The largest absolute Gasteiger partial charge is 0.491 e. The van der Waals surface area contributed by atoms with Gasteiger partial charge < -0.3 is 15.2 Å². The van der Waals surface area contributed by atoms with Crippen LogP contribution in [0.4, 0.5) is 0 Å². The van der Waals surface area contributed by atoms with Crippen molar-refractivity contribution in [2.45, 2.75) is 33.2 Å². The van der Waals surface area contributed by atoms with E-state index in [0.29, 0.717) is 12.5 Å². The lowest BCUT2D eigenvalue weighted by atomic mass is 10.0. The Kier molecular flexibility index (Phi) is 4.25. The summed E-state index contributed by atoms with van der Waals surface area (Å²) < 4.78 is 11.3. The van der Waals surface area contributed by atoms with Gasteiger partial charge in [-0.3, -0.25) is 0 Å². The Morgan fingerprint density at radius 2 is 2.06 bits per heavy atom. The summed E-state index contributed by atoms with van der Waals surface area (Å²) in [5, 5.41) is 0. The molecule has 3 nitrogen and oxygen atoms in total. The minimum absolute atomic E-state index is 0.0619. The van der Waals surface area contributed by atoms with Gasteiger partial charge in [0, 0.05) is 18.6 Å². The van der Waals surface area contributed by atoms with Gasteiger partial charge in [-0.1, -0.05) is 12.1 Å². The molecule has 1 saturated heterocycles. The van der Waals surface area contributed by atoms with Crippen LogP contribution < -0.4 is 10.5 Å². The van der Waals surface area contributed by atoms with Gasteiger partial charge in [0.25, 0.3) is 0 Å². The Morgan fingerprint density at radius 1 is 1.33 bits per heavy atom. The maximum atomic E-state index is 6.16. The first-order valence-electron chi connectivity index (χ1n) is 6.62. The lowest BCUT2D eigenvalue weighted by Gasteiger charge is -2.20. The zero-order valence-corrected chi connectivity index (χ0v) is 11.5. The quantitative estimate of drug-likeness (QED) is 0.891. The molecule has 2 N–H and O–H groups in total. The van der Waals surface area contributed by atoms with Crippen LogP contribution in [0.25, 0.3) is 0 Å². The highest BCUT2D eigenvalue weighted by atomic mass is 16.5. The van der Waals surface area contributed by atoms with Crippen molar-refractivity contribution in [2.24, 2.45) is 11.7 Å². The summed E-state index contributed by atoms with van der Waals surface area (Å²) in [5.74, 6) is 1.43. The molecule has 1 aromatic rings. The fraction of sp³-hybridized carbons (Fsp3) is 0.600. The first-order chi connectivity index (χ1) is 8.59. The predicted molar refractivity (Wildman–Crippen MR) is 73.0 cm³/mol. The number of aryl methyl sites for hydroxylation is 2. The molecular formula is C15H23NO2. The molecule has 2 unspecified atom stereocenters. The van der Waals surface area contributed by atoms with E-state index in [-0.39, 0.29) is 6.04 Å². The van der Waals surface area contributed by atoms with Gasteiger partial charge in [0.15, 0.2) is 0 Å². The van der Waals surface area contributed by atoms with Crippen molar-refractivity contribution in [3.8, 4) is 5.75 Å². The van der Waals surface area contributed by atoms with E-state index in [0.717, 1.165) is 25.4 Å². The maximum absolute atomic E-state index is 6.16. The second-order valence-electron chi connectivity index (χ2n) is 5.25.